The van der Waals surface area contributed by atoms with Gasteiger partial charge in [0.2, 0.25) is 5.91 Å². The number of fused-ring (bicyclic) bond motifs is 5. The van der Waals surface area contributed by atoms with Gasteiger partial charge in [-0.05, 0) is 110 Å². The van der Waals surface area contributed by atoms with E-state index in [0.717, 1.165) is 37.0 Å². The van der Waals surface area contributed by atoms with Crippen molar-refractivity contribution in [1.29, 1.82) is 0 Å². The Morgan fingerprint density at radius 2 is 1.88 bits per heavy atom. The molecule has 0 saturated heterocycles. The van der Waals surface area contributed by atoms with Crippen molar-refractivity contribution in [1.82, 2.24) is 5.48 Å². The van der Waals surface area contributed by atoms with Crippen molar-refractivity contribution in [2.24, 2.45) is 40.4 Å². The highest BCUT2D eigenvalue weighted by Crippen LogP contribution is 2.68. The fraction of sp³-hybridized carbons (Fsp3) is 0.852. The average molecular weight is 444 g/mol. The van der Waals surface area contributed by atoms with Gasteiger partial charge in [0.25, 0.3) is 0 Å². The van der Waals surface area contributed by atoms with Crippen LogP contribution >= 0.6 is 0 Å². The van der Waals surface area contributed by atoms with Crippen molar-refractivity contribution in [2.75, 3.05) is 6.61 Å². The summed E-state index contributed by atoms with van der Waals surface area (Å²) in [6.45, 7) is 7.63. The first-order chi connectivity index (χ1) is 15.3. The summed E-state index contributed by atoms with van der Waals surface area (Å²) >= 11 is 0. The third-order valence-electron chi connectivity index (χ3n) is 10.6. The van der Waals surface area contributed by atoms with Gasteiger partial charge in [-0.3, -0.25) is 9.63 Å². The van der Waals surface area contributed by atoms with Gasteiger partial charge >= 0.3 is 5.97 Å². The molecule has 0 aromatic rings. The lowest BCUT2D eigenvalue weighted by Gasteiger charge is -2.61. The number of hydroxylamine groups is 1. The van der Waals surface area contributed by atoms with Gasteiger partial charge in [0, 0.05) is 12.5 Å². The largest absolute Gasteiger partial charge is 0.458 e. The van der Waals surface area contributed by atoms with Crippen molar-refractivity contribution in [2.45, 2.75) is 97.5 Å². The molecule has 0 spiro atoms. The Bertz CT molecular complexity index is 793. The molecule has 0 radical (unpaired) electrons. The number of nitrogens with one attached hydrogen (secondary N) is 1. The van der Waals surface area contributed by atoms with Gasteiger partial charge in [-0.25, -0.2) is 10.3 Å². The smallest absolute Gasteiger partial charge is 0.331 e. The minimum atomic E-state index is -0.140. The molecule has 4 aliphatic carbocycles. The lowest BCUT2D eigenvalue weighted by molar-refractivity contribution is -0.158. The molecule has 5 rings (SSSR count). The lowest BCUT2D eigenvalue weighted by atomic mass is 9.44. The number of hydrogen-bond donors (Lipinski definition) is 1. The van der Waals surface area contributed by atoms with Gasteiger partial charge in [0.1, 0.15) is 6.61 Å². The Kier molecular flexibility index (Phi) is 5.92. The molecular formula is C27H41NO4. The SMILES string of the molecule is CCCC(=O)NO[C@H]1CC[C@@]2(C)[C@H](CC[C@@H]3[C@@H]2CC[C@]2(C)[C@@H](C4=CC(=O)OC4)CC[C@@H]32)C1. The molecule has 178 valence electrons. The maximum Gasteiger partial charge on any atom is 0.331 e. The molecule has 8 atom stereocenters. The van der Waals surface area contributed by atoms with Crippen molar-refractivity contribution in [3.63, 3.8) is 0 Å². The van der Waals surface area contributed by atoms with Crippen LogP contribution in [0.5, 0.6) is 0 Å². The van der Waals surface area contributed by atoms with Crippen LogP contribution in [0.15, 0.2) is 11.6 Å². The molecule has 0 aromatic heterocycles. The summed E-state index contributed by atoms with van der Waals surface area (Å²) < 4.78 is 5.28. The number of esters is 1. The van der Waals surface area contributed by atoms with Crippen LogP contribution in [-0.4, -0.2) is 24.6 Å². The number of ether oxygens (including phenoxy) is 1. The van der Waals surface area contributed by atoms with Crippen molar-refractivity contribution in [3.05, 3.63) is 11.6 Å². The van der Waals surface area contributed by atoms with Gasteiger partial charge in [-0.1, -0.05) is 20.8 Å². The molecule has 0 bridgehead atoms. The molecule has 0 unspecified atom stereocenters. The molecule has 1 aliphatic heterocycles. The van der Waals surface area contributed by atoms with Gasteiger partial charge < -0.3 is 4.74 Å². The molecular weight excluding hydrogens is 402 g/mol. The fourth-order valence-corrected chi connectivity index (χ4v) is 8.95. The van der Waals surface area contributed by atoms with Crippen LogP contribution < -0.4 is 5.48 Å². The van der Waals surface area contributed by atoms with Crippen LogP contribution in [0.25, 0.3) is 0 Å². The summed E-state index contributed by atoms with van der Waals surface area (Å²) in [5.74, 6) is 3.51. The van der Waals surface area contributed by atoms with E-state index in [-0.39, 0.29) is 18.0 Å². The second kappa shape index (κ2) is 8.45. The Morgan fingerprint density at radius 1 is 1.09 bits per heavy atom. The molecule has 5 nitrogen and oxygen atoms in total. The zero-order chi connectivity index (χ0) is 22.5. The number of carbonyl (C=O) groups excluding carboxylic acids is 2. The standard InChI is InChI=1S/C27H41NO4/c1-4-5-24(29)28-32-19-10-12-26(2)18(15-19)6-7-20-22-9-8-21(17-14-25(30)31-16-17)27(22,3)13-11-23(20)26/h14,18-23H,4-13,15-16H2,1-3H3,(H,28,29)/t18-,19+,20+,21-,22+,23+,26+,27-/m1/s1. The molecule has 1 N–H and O–H groups in total. The van der Waals surface area contributed by atoms with Crippen LogP contribution in [0.3, 0.4) is 0 Å². The molecule has 1 amide bonds. The molecule has 0 aromatic carbocycles. The first-order valence-corrected chi connectivity index (χ1v) is 13.2. The number of amides is 1. The summed E-state index contributed by atoms with van der Waals surface area (Å²) in [5.41, 5.74) is 4.71. The van der Waals surface area contributed by atoms with Crippen LogP contribution in [0.2, 0.25) is 0 Å². The van der Waals surface area contributed by atoms with Crippen LogP contribution in [0, 0.1) is 40.4 Å². The predicted octanol–water partition coefficient (Wildman–Crippen LogP) is 5.35. The summed E-state index contributed by atoms with van der Waals surface area (Å²) in [4.78, 5) is 29.4. The Labute approximate surface area is 193 Å². The monoisotopic (exact) mass is 443 g/mol. The van der Waals surface area contributed by atoms with E-state index in [0.29, 0.717) is 35.7 Å². The quantitative estimate of drug-likeness (QED) is 0.460. The van der Waals surface area contributed by atoms with E-state index < -0.39 is 0 Å². The predicted molar refractivity (Wildman–Crippen MR) is 122 cm³/mol. The zero-order valence-corrected chi connectivity index (χ0v) is 20.2. The maximum atomic E-state index is 11.8. The van der Waals surface area contributed by atoms with Crippen molar-refractivity contribution < 1.29 is 19.2 Å². The highest BCUT2D eigenvalue weighted by molar-refractivity contribution is 5.85. The molecule has 4 saturated carbocycles. The van der Waals surface area contributed by atoms with E-state index in [1.165, 1.54) is 50.5 Å². The van der Waals surface area contributed by atoms with E-state index in [1.54, 1.807) is 6.08 Å². The Hall–Kier alpha value is -1.36. The lowest BCUT2D eigenvalue weighted by Crippen LogP contribution is -2.54. The van der Waals surface area contributed by atoms with Gasteiger partial charge in [-0.15, -0.1) is 0 Å². The minimum Gasteiger partial charge on any atom is -0.458 e. The Balaban J connectivity index is 1.26. The highest BCUT2D eigenvalue weighted by Gasteiger charge is 2.60. The molecule has 4 fully saturated rings. The maximum absolute atomic E-state index is 11.8. The van der Waals surface area contributed by atoms with E-state index in [4.69, 9.17) is 9.57 Å². The summed E-state index contributed by atoms with van der Waals surface area (Å²) in [6, 6.07) is 0. The highest BCUT2D eigenvalue weighted by atomic mass is 16.7. The Morgan fingerprint density at radius 3 is 2.62 bits per heavy atom. The van der Waals surface area contributed by atoms with E-state index in [1.807, 2.05) is 6.92 Å². The molecule has 32 heavy (non-hydrogen) atoms. The molecule has 5 heteroatoms. The molecule has 1 heterocycles. The van der Waals surface area contributed by atoms with Gasteiger partial charge in [0.05, 0.1) is 6.10 Å². The van der Waals surface area contributed by atoms with Crippen molar-refractivity contribution in [3.8, 4) is 0 Å². The van der Waals surface area contributed by atoms with Crippen molar-refractivity contribution >= 4 is 11.9 Å². The first-order valence-electron chi connectivity index (χ1n) is 13.2. The van der Waals surface area contributed by atoms with E-state index >= 15 is 0 Å². The normalized spacial score (nSPS) is 45.3. The van der Waals surface area contributed by atoms with E-state index in [9.17, 15) is 9.59 Å². The first kappa shape index (κ1) is 22.4. The van der Waals surface area contributed by atoms with Gasteiger partial charge in [0.15, 0.2) is 0 Å². The number of cyclic esters (lactones) is 1. The number of hydrogen-bond acceptors (Lipinski definition) is 4. The van der Waals surface area contributed by atoms with Gasteiger partial charge in [-0.2, -0.15) is 0 Å². The average Bonchev–Trinajstić information content (AvgIpc) is 3.34. The topological polar surface area (TPSA) is 64.6 Å². The molecule has 5 aliphatic rings. The third kappa shape index (κ3) is 3.63. The summed E-state index contributed by atoms with van der Waals surface area (Å²) in [5, 5.41) is 0. The van der Waals surface area contributed by atoms with Crippen LogP contribution in [-0.2, 0) is 19.2 Å². The van der Waals surface area contributed by atoms with Crippen LogP contribution in [0.1, 0.15) is 91.4 Å². The number of rotatable bonds is 5. The second-order valence-corrected chi connectivity index (χ2v) is 11.9. The summed E-state index contributed by atoms with van der Waals surface area (Å²) in [7, 11) is 0. The van der Waals surface area contributed by atoms with E-state index in [2.05, 4.69) is 19.3 Å². The van der Waals surface area contributed by atoms with Crippen LogP contribution in [0.4, 0.5) is 0 Å². The fourth-order valence-electron chi connectivity index (χ4n) is 8.95. The summed E-state index contributed by atoms with van der Waals surface area (Å²) in [6.07, 6.45) is 14.5. The second-order valence-electron chi connectivity index (χ2n) is 11.9. The zero-order valence-electron chi connectivity index (χ0n) is 20.2. The number of carbonyl (C=O) groups is 2. The minimum absolute atomic E-state index is 0.0105. The third-order valence-corrected chi connectivity index (χ3v) is 10.6.